The fourth-order valence-corrected chi connectivity index (χ4v) is 4.19. The Kier molecular flexibility index (Phi) is 5.61. The predicted molar refractivity (Wildman–Crippen MR) is 119 cm³/mol. The second-order valence-corrected chi connectivity index (χ2v) is 7.54. The smallest absolute Gasteiger partial charge is 0.271 e. The van der Waals surface area contributed by atoms with Crippen LogP contribution in [0.2, 0.25) is 0 Å². The van der Waals surface area contributed by atoms with Crippen LogP contribution in [0.5, 0.6) is 0 Å². The van der Waals surface area contributed by atoms with Gasteiger partial charge >= 0.3 is 0 Å². The van der Waals surface area contributed by atoms with E-state index in [1.54, 1.807) is 6.08 Å². The van der Waals surface area contributed by atoms with E-state index in [0.717, 1.165) is 34.9 Å². The summed E-state index contributed by atoms with van der Waals surface area (Å²) in [4.78, 5) is 24.6. The maximum atomic E-state index is 12.6. The first kappa shape index (κ1) is 19.8. The van der Waals surface area contributed by atoms with Gasteiger partial charge in [0, 0.05) is 16.0 Å². The quantitative estimate of drug-likeness (QED) is 0.707. The van der Waals surface area contributed by atoms with Gasteiger partial charge in [-0.2, -0.15) is 5.10 Å². The summed E-state index contributed by atoms with van der Waals surface area (Å²) in [5, 5.41) is 11.4. The van der Waals surface area contributed by atoms with Gasteiger partial charge in [-0.15, -0.1) is 0 Å². The number of H-pyrrole nitrogens is 1. The summed E-state index contributed by atoms with van der Waals surface area (Å²) in [7, 11) is 0. The van der Waals surface area contributed by atoms with E-state index in [1.165, 1.54) is 11.1 Å². The number of carbonyl (C=O) groups excluding carboxylic acids is 1. The predicted octanol–water partition coefficient (Wildman–Crippen LogP) is 2.38. The summed E-state index contributed by atoms with van der Waals surface area (Å²) in [5.74, 6) is 0.0251. The Labute approximate surface area is 175 Å². The Morgan fingerprint density at radius 1 is 1.10 bits per heavy atom. The molecule has 0 saturated carbocycles. The summed E-state index contributed by atoms with van der Waals surface area (Å²) < 4.78 is 0. The first-order chi connectivity index (χ1) is 14.6. The van der Waals surface area contributed by atoms with Crippen molar-refractivity contribution in [1.82, 2.24) is 15.5 Å². The molecule has 0 fully saturated rings. The number of aromatic nitrogens is 2. The third-order valence-corrected chi connectivity index (χ3v) is 5.70. The highest BCUT2D eigenvalue weighted by molar-refractivity contribution is 5.79. The zero-order valence-corrected chi connectivity index (χ0v) is 17.2. The molecule has 1 aliphatic rings. The van der Waals surface area contributed by atoms with Crippen LogP contribution in [-0.4, -0.2) is 16.1 Å². The molecule has 0 bridgehead atoms. The molecule has 0 radical (unpaired) electrons. The highest BCUT2D eigenvalue weighted by Crippen LogP contribution is 2.30. The molecule has 152 valence electrons. The van der Waals surface area contributed by atoms with Gasteiger partial charge in [-0.05, 0) is 43.4 Å². The molecule has 1 heterocycles. The molecular weight excluding hydrogens is 374 g/mol. The number of hydrogen-bond donors (Lipinski definition) is 2. The Morgan fingerprint density at radius 3 is 2.57 bits per heavy atom. The van der Waals surface area contributed by atoms with Gasteiger partial charge in [0.2, 0.25) is 5.91 Å². The number of nitrogens with zero attached hydrogens (tertiary/aromatic N) is 1. The lowest BCUT2D eigenvalue weighted by molar-refractivity contribution is -0.121. The van der Waals surface area contributed by atoms with Crippen molar-refractivity contribution in [3.05, 3.63) is 86.0 Å². The van der Waals surface area contributed by atoms with Gasteiger partial charge in [-0.1, -0.05) is 60.7 Å². The van der Waals surface area contributed by atoms with Crippen LogP contribution >= 0.6 is 0 Å². The Morgan fingerprint density at radius 2 is 1.83 bits per heavy atom. The van der Waals surface area contributed by atoms with Crippen LogP contribution in [0.3, 0.4) is 0 Å². The molecule has 0 spiro atoms. The monoisotopic (exact) mass is 399 g/mol. The molecule has 0 saturated heterocycles. The molecule has 2 N–H and O–H groups in total. The van der Waals surface area contributed by atoms with Gasteiger partial charge in [-0.25, -0.2) is 5.10 Å². The van der Waals surface area contributed by atoms with Crippen LogP contribution < -0.4 is 21.3 Å². The molecule has 30 heavy (non-hydrogen) atoms. The lowest BCUT2D eigenvalue weighted by Gasteiger charge is -2.14. The number of fused-ring (bicyclic) bond motifs is 1. The Hall–Kier alpha value is -3.47. The molecule has 1 unspecified atom stereocenters. The summed E-state index contributed by atoms with van der Waals surface area (Å²) in [6.07, 6.45) is 5.98. The molecule has 1 aliphatic carbocycles. The van der Waals surface area contributed by atoms with Crippen molar-refractivity contribution in [3.63, 3.8) is 0 Å². The molecule has 1 amide bonds. The molecular formula is C25H25N3O2. The van der Waals surface area contributed by atoms with E-state index in [0.29, 0.717) is 11.6 Å². The molecule has 5 nitrogen and oxygen atoms in total. The number of aromatic amines is 1. The lowest BCUT2D eigenvalue weighted by atomic mass is 10.0. The maximum Gasteiger partial charge on any atom is 0.271 e. The third kappa shape index (κ3) is 3.83. The molecule has 1 aromatic heterocycles. The second kappa shape index (κ2) is 8.49. The fraction of sp³-hybridized carbons (Fsp3) is 0.240. The van der Waals surface area contributed by atoms with E-state index >= 15 is 0 Å². The van der Waals surface area contributed by atoms with Crippen molar-refractivity contribution >= 4 is 18.1 Å². The van der Waals surface area contributed by atoms with Crippen LogP contribution in [0.25, 0.3) is 23.4 Å². The molecule has 3 aromatic rings. The van der Waals surface area contributed by atoms with Crippen molar-refractivity contribution < 1.29 is 4.79 Å². The van der Waals surface area contributed by atoms with Gasteiger partial charge in [0.15, 0.2) is 0 Å². The largest absolute Gasteiger partial charge is 0.349 e. The van der Waals surface area contributed by atoms with Crippen molar-refractivity contribution in [2.75, 3.05) is 0 Å². The molecule has 1 atom stereocenters. The summed E-state index contributed by atoms with van der Waals surface area (Å²) in [6, 6.07) is 16.2. The topological polar surface area (TPSA) is 74.8 Å². The van der Waals surface area contributed by atoms with Crippen molar-refractivity contribution in [1.29, 1.82) is 0 Å². The van der Waals surface area contributed by atoms with E-state index in [4.69, 9.17) is 0 Å². The third-order valence-electron chi connectivity index (χ3n) is 5.70. The standard InChI is InChI=1S/C25H25N3O2/c1-3-19-20(4-2)25(30)28-27-24(19)18-11-9-16(10-12-18)15-23(29)26-22-14-13-17-7-5-6-8-21(17)22/h3-12,22H,13-15H2,1-2H3,(H,26,29)(H,28,30). The normalized spacial score (nSPS) is 16.5. The number of hydrogen-bond acceptors (Lipinski definition) is 3. The van der Waals surface area contributed by atoms with Crippen LogP contribution in [0.1, 0.15) is 43.0 Å². The molecule has 2 aromatic carbocycles. The van der Waals surface area contributed by atoms with Crippen LogP contribution in [0.4, 0.5) is 0 Å². The second-order valence-electron chi connectivity index (χ2n) is 7.54. The van der Waals surface area contributed by atoms with Crippen molar-refractivity contribution in [2.45, 2.75) is 39.2 Å². The zero-order chi connectivity index (χ0) is 21.1. The van der Waals surface area contributed by atoms with Crippen molar-refractivity contribution in [2.24, 2.45) is 0 Å². The number of nitrogens with one attached hydrogen (secondary N) is 2. The minimum absolute atomic E-state index is 0.0251. The van der Waals surface area contributed by atoms with E-state index in [-0.39, 0.29) is 17.5 Å². The van der Waals surface area contributed by atoms with E-state index in [1.807, 2.05) is 56.3 Å². The summed E-state index contributed by atoms with van der Waals surface area (Å²) in [6.45, 7) is 3.73. The van der Waals surface area contributed by atoms with Gasteiger partial charge in [0.25, 0.3) is 5.56 Å². The highest BCUT2D eigenvalue weighted by atomic mass is 16.1. The van der Waals surface area contributed by atoms with Gasteiger partial charge in [0.05, 0.1) is 18.2 Å². The van der Waals surface area contributed by atoms with Gasteiger partial charge < -0.3 is 5.32 Å². The lowest BCUT2D eigenvalue weighted by Crippen LogP contribution is -2.42. The van der Waals surface area contributed by atoms with E-state index in [2.05, 4.69) is 27.6 Å². The highest BCUT2D eigenvalue weighted by Gasteiger charge is 2.23. The number of aryl methyl sites for hydroxylation is 1. The minimum atomic E-state index is -0.198. The average molecular weight is 399 g/mol. The maximum absolute atomic E-state index is 12.6. The Bertz CT molecular complexity index is 1260. The van der Waals surface area contributed by atoms with Crippen LogP contribution in [-0.2, 0) is 17.6 Å². The van der Waals surface area contributed by atoms with E-state index in [9.17, 15) is 9.59 Å². The average Bonchev–Trinajstić information content (AvgIpc) is 3.17. The first-order valence-corrected chi connectivity index (χ1v) is 10.3. The fourth-order valence-electron chi connectivity index (χ4n) is 4.19. The number of carbonyl (C=O) groups is 1. The van der Waals surface area contributed by atoms with Gasteiger partial charge in [0.1, 0.15) is 0 Å². The van der Waals surface area contributed by atoms with Crippen LogP contribution in [0.15, 0.2) is 53.3 Å². The van der Waals surface area contributed by atoms with E-state index < -0.39 is 0 Å². The minimum Gasteiger partial charge on any atom is -0.349 e. The Balaban J connectivity index is 1.50. The number of amides is 1. The molecule has 0 aliphatic heterocycles. The molecule has 5 heteroatoms. The molecule has 4 rings (SSSR count). The number of rotatable bonds is 4. The zero-order valence-electron chi connectivity index (χ0n) is 17.2. The summed E-state index contributed by atoms with van der Waals surface area (Å²) >= 11 is 0. The van der Waals surface area contributed by atoms with Crippen LogP contribution in [0, 0.1) is 0 Å². The summed E-state index contributed by atoms with van der Waals surface area (Å²) in [5.41, 5.74) is 4.93. The number of benzene rings is 2. The van der Waals surface area contributed by atoms with Crippen molar-refractivity contribution in [3.8, 4) is 11.3 Å². The first-order valence-electron chi connectivity index (χ1n) is 10.3. The SMILES string of the molecule is CC=c1c(-c2ccc(CC(=O)NC3CCc4ccccc43)cc2)n[nH]c(=O)c1=CC. The van der Waals surface area contributed by atoms with Gasteiger partial charge in [-0.3, -0.25) is 9.59 Å².